The van der Waals surface area contributed by atoms with Crippen molar-refractivity contribution in [1.29, 1.82) is 0 Å². The van der Waals surface area contributed by atoms with Crippen LogP contribution in [0.15, 0.2) is 35.2 Å². The smallest absolute Gasteiger partial charge is 0.317 e. The molecule has 1 aliphatic rings. The molecule has 112 valence electrons. The number of hydrogen-bond donors (Lipinski definition) is 2. The van der Waals surface area contributed by atoms with Crippen LogP contribution in [0, 0.1) is 0 Å². The minimum atomic E-state index is -0.0731. The summed E-state index contributed by atoms with van der Waals surface area (Å²) in [6, 6.07) is 3.68. The number of nitrogens with one attached hydrogen (secondary N) is 2. The van der Waals surface area contributed by atoms with Gasteiger partial charge in [-0.2, -0.15) is 0 Å². The quantitative estimate of drug-likeness (QED) is 0.890. The second-order valence-electron chi connectivity index (χ2n) is 5.15. The molecule has 1 fully saturated rings. The van der Waals surface area contributed by atoms with Crippen molar-refractivity contribution < 1.29 is 9.21 Å². The number of carbonyl (C=O) groups excluding carboxylic acids is 1. The summed E-state index contributed by atoms with van der Waals surface area (Å²) in [7, 11) is 2.05. The van der Waals surface area contributed by atoms with Gasteiger partial charge in [-0.3, -0.25) is 4.90 Å². The summed E-state index contributed by atoms with van der Waals surface area (Å²) in [5, 5.41) is 2.88. The zero-order valence-electron chi connectivity index (χ0n) is 12.0. The van der Waals surface area contributed by atoms with Gasteiger partial charge in [0.05, 0.1) is 18.8 Å². The summed E-state index contributed by atoms with van der Waals surface area (Å²) >= 11 is 0. The van der Waals surface area contributed by atoms with Crippen molar-refractivity contribution in [2.45, 2.75) is 12.6 Å². The monoisotopic (exact) mass is 289 g/mol. The van der Waals surface area contributed by atoms with Gasteiger partial charge in [-0.1, -0.05) is 0 Å². The average molecular weight is 289 g/mol. The van der Waals surface area contributed by atoms with Crippen LogP contribution in [0.1, 0.15) is 17.6 Å². The first kappa shape index (κ1) is 13.7. The molecule has 1 atom stereocenters. The van der Waals surface area contributed by atoms with Crippen LogP contribution in [0.25, 0.3) is 0 Å². The Labute approximate surface area is 122 Å². The number of imidazole rings is 1. The molecular weight excluding hydrogens is 270 g/mol. The summed E-state index contributed by atoms with van der Waals surface area (Å²) in [5.74, 6) is 1.64. The Hall–Kier alpha value is -2.28. The molecule has 2 aromatic rings. The van der Waals surface area contributed by atoms with E-state index in [9.17, 15) is 4.79 Å². The molecule has 0 aromatic carbocycles. The summed E-state index contributed by atoms with van der Waals surface area (Å²) in [4.78, 5) is 23.7. The van der Waals surface area contributed by atoms with E-state index in [-0.39, 0.29) is 12.1 Å². The van der Waals surface area contributed by atoms with E-state index in [2.05, 4.69) is 20.2 Å². The Morgan fingerprint density at radius 1 is 1.57 bits per heavy atom. The predicted molar refractivity (Wildman–Crippen MR) is 76.5 cm³/mol. The number of aromatic nitrogens is 2. The Morgan fingerprint density at radius 2 is 2.48 bits per heavy atom. The normalized spacial score (nSPS) is 19.7. The molecule has 3 rings (SSSR count). The fraction of sp³-hybridized carbons (Fsp3) is 0.429. The lowest BCUT2D eigenvalue weighted by molar-refractivity contribution is 0.106. The van der Waals surface area contributed by atoms with Crippen LogP contribution in [0.4, 0.5) is 4.79 Å². The van der Waals surface area contributed by atoms with Gasteiger partial charge in [-0.15, -0.1) is 0 Å². The van der Waals surface area contributed by atoms with Crippen molar-refractivity contribution in [3.63, 3.8) is 0 Å². The fourth-order valence-electron chi connectivity index (χ4n) is 2.50. The number of aromatic amines is 1. The highest BCUT2D eigenvalue weighted by molar-refractivity contribution is 5.74. The van der Waals surface area contributed by atoms with E-state index >= 15 is 0 Å². The Bertz CT molecular complexity index is 566. The number of piperazine rings is 1. The molecule has 21 heavy (non-hydrogen) atoms. The molecule has 2 N–H and O–H groups in total. The molecule has 0 aliphatic carbocycles. The number of rotatable bonds is 3. The molecule has 0 radical (unpaired) electrons. The number of H-pyrrole nitrogens is 1. The van der Waals surface area contributed by atoms with E-state index in [1.54, 1.807) is 18.7 Å². The first-order valence-corrected chi connectivity index (χ1v) is 6.98. The molecular formula is C14H19N5O2. The molecule has 0 spiro atoms. The van der Waals surface area contributed by atoms with Crippen molar-refractivity contribution in [2.75, 3.05) is 26.7 Å². The van der Waals surface area contributed by atoms with Crippen LogP contribution in [-0.4, -0.2) is 52.5 Å². The van der Waals surface area contributed by atoms with Gasteiger partial charge in [0, 0.05) is 32.0 Å². The van der Waals surface area contributed by atoms with Crippen molar-refractivity contribution in [1.82, 2.24) is 25.1 Å². The lowest BCUT2D eigenvalue weighted by Gasteiger charge is -2.38. The molecule has 3 heterocycles. The van der Waals surface area contributed by atoms with E-state index < -0.39 is 0 Å². The number of urea groups is 1. The van der Waals surface area contributed by atoms with Crippen LogP contribution in [-0.2, 0) is 6.54 Å². The van der Waals surface area contributed by atoms with Crippen molar-refractivity contribution in [3.05, 3.63) is 42.4 Å². The van der Waals surface area contributed by atoms with Gasteiger partial charge in [0.15, 0.2) is 0 Å². The summed E-state index contributed by atoms with van der Waals surface area (Å²) in [6.45, 7) is 2.55. The third kappa shape index (κ3) is 3.08. The van der Waals surface area contributed by atoms with Gasteiger partial charge in [-0.05, 0) is 19.2 Å². The van der Waals surface area contributed by atoms with Gasteiger partial charge in [0.1, 0.15) is 11.6 Å². The molecule has 0 bridgehead atoms. The summed E-state index contributed by atoms with van der Waals surface area (Å²) in [5.41, 5.74) is 0. The SMILES string of the molecule is CN1CCN(C(=O)NCc2ccco2)C[C@H]1c1ncc[nH]1. The van der Waals surface area contributed by atoms with Gasteiger partial charge in [-0.25, -0.2) is 9.78 Å². The Morgan fingerprint density at radius 3 is 3.19 bits per heavy atom. The average Bonchev–Trinajstić information content (AvgIpc) is 3.18. The highest BCUT2D eigenvalue weighted by Crippen LogP contribution is 2.20. The van der Waals surface area contributed by atoms with Crippen molar-refractivity contribution >= 4 is 6.03 Å². The zero-order valence-corrected chi connectivity index (χ0v) is 12.0. The first-order valence-electron chi connectivity index (χ1n) is 6.98. The largest absolute Gasteiger partial charge is 0.467 e. The fourth-order valence-corrected chi connectivity index (χ4v) is 2.50. The lowest BCUT2D eigenvalue weighted by Crippen LogP contribution is -2.52. The molecule has 7 heteroatoms. The third-order valence-electron chi connectivity index (χ3n) is 3.76. The van der Waals surface area contributed by atoms with E-state index in [1.165, 1.54) is 0 Å². The zero-order chi connectivity index (χ0) is 14.7. The Balaban J connectivity index is 1.59. The molecule has 0 saturated carbocycles. The van der Waals surface area contributed by atoms with Gasteiger partial charge < -0.3 is 19.6 Å². The van der Waals surface area contributed by atoms with Gasteiger partial charge >= 0.3 is 6.03 Å². The number of carbonyl (C=O) groups is 1. The van der Waals surface area contributed by atoms with Crippen LogP contribution in [0.2, 0.25) is 0 Å². The highest BCUT2D eigenvalue weighted by atomic mass is 16.3. The second kappa shape index (κ2) is 6.01. The summed E-state index contributed by atoms with van der Waals surface area (Å²) in [6.07, 6.45) is 5.14. The molecule has 2 aromatic heterocycles. The number of amides is 2. The number of likely N-dealkylation sites (N-methyl/N-ethyl adjacent to an activating group) is 1. The van der Waals surface area contributed by atoms with Crippen LogP contribution < -0.4 is 5.32 Å². The van der Waals surface area contributed by atoms with Crippen molar-refractivity contribution in [3.8, 4) is 0 Å². The van der Waals surface area contributed by atoms with Crippen LogP contribution in [0.3, 0.4) is 0 Å². The molecule has 1 aliphatic heterocycles. The molecule has 7 nitrogen and oxygen atoms in total. The van der Waals surface area contributed by atoms with Gasteiger partial charge in [0.2, 0.25) is 0 Å². The third-order valence-corrected chi connectivity index (χ3v) is 3.76. The Kier molecular flexibility index (Phi) is 3.92. The lowest BCUT2D eigenvalue weighted by atomic mass is 10.1. The first-order chi connectivity index (χ1) is 10.2. The second-order valence-corrected chi connectivity index (χ2v) is 5.15. The standard InChI is InChI=1S/C14H19N5O2/c1-18-6-7-19(10-12(18)13-15-4-5-16-13)14(20)17-9-11-3-2-8-21-11/h2-5,8,12H,6-7,9-10H2,1H3,(H,15,16)(H,17,20)/t12-/m0/s1. The molecule has 0 unspecified atom stereocenters. The minimum absolute atomic E-state index is 0.0731. The minimum Gasteiger partial charge on any atom is -0.467 e. The van der Waals surface area contributed by atoms with E-state index in [1.807, 2.05) is 24.1 Å². The molecule has 2 amide bonds. The topological polar surface area (TPSA) is 77.4 Å². The van der Waals surface area contributed by atoms with Crippen molar-refractivity contribution in [2.24, 2.45) is 0 Å². The number of nitrogens with zero attached hydrogens (tertiary/aromatic N) is 3. The van der Waals surface area contributed by atoms with E-state index in [0.29, 0.717) is 19.6 Å². The molecule has 1 saturated heterocycles. The van der Waals surface area contributed by atoms with Crippen LogP contribution >= 0.6 is 0 Å². The van der Waals surface area contributed by atoms with Crippen LogP contribution in [0.5, 0.6) is 0 Å². The summed E-state index contributed by atoms with van der Waals surface area (Å²) < 4.78 is 5.21. The highest BCUT2D eigenvalue weighted by Gasteiger charge is 2.29. The maximum atomic E-state index is 12.2. The predicted octanol–water partition coefficient (Wildman–Crippen LogP) is 1.20. The van der Waals surface area contributed by atoms with Gasteiger partial charge in [0.25, 0.3) is 0 Å². The van der Waals surface area contributed by atoms with E-state index in [0.717, 1.165) is 18.1 Å². The maximum absolute atomic E-state index is 12.2. The van der Waals surface area contributed by atoms with E-state index in [4.69, 9.17) is 4.42 Å². The maximum Gasteiger partial charge on any atom is 0.317 e. The number of hydrogen-bond acceptors (Lipinski definition) is 4. The number of furan rings is 1.